The van der Waals surface area contributed by atoms with Crippen LogP contribution in [0.5, 0.6) is 5.75 Å². The van der Waals surface area contributed by atoms with E-state index in [1.54, 1.807) is 29.1 Å². The Morgan fingerprint density at radius 2 is 1.97 bits per heavy atom. The van der Waals surface area contributed by atoms with E-state index in [0.29, 0.717) is 38.9 Å². The fraction of sp³-hybridized carbons (Fsp3) is 0.308. The second kappa shape index (κ2) is 10.1. The van der Waals surface area contributed by atoms with Crippen LogP contribution in [0.1, 0.15) is 29.9 Å². The number of methoxy groups -OCH3 is 1. The van der Waals surface area contributed by atoms with Crippen molar-refractivity contribution in [1.29, 1.82) is 0 Å². The van der Waals surface area contributed by atoms with Gasteiger partial charge < -0.3 is 9.47 Å². The number of benzene rings is 2. The first kappa shape index (κ1) is 24.7. The fourth-order valence-corrected chi connectivity index (χ4v) is 6.61. The zero-order valence-corrected chi connectivity index (χ0v) is 22.7. The number of hydrogen-bond acceptors (Lipinski definition) is 6. The van der Waals surface area contributed by atoms with Gasteiger partial charge in [-0.25, -0.2) is 4.98 Å². The molecule has 0 amide bonds. The van der Waals surface area contributed by atoms with E-state index in [2.05, 4.69) is 13.8 Å². The molecule has 0 bridgehead atoms. The molecule has 1 atom stereocenters. The molecule has 2 aromatic carbocycles. The highest BCUT2D eigenvalue weighted by atomic mass is 35.5. The summed E-state index contributed by atoms with van der Waals surface area (Å²) in [5.41, 5.74) is 2.77. The molecule has 0 N–H and O–H groups in total. The average molecular weight is 548 g/mol. The van der Waals surface area contributed by atoms with E-state index in [1.165, 1.54) is 11.8 Å². The number of nitrogens with zero attached hydrogens (tertiary/aromatic N) is 2. The van der Waals surface area contributed by atoms with Gasteiger partial charge >= 0.3 is 0 Å². The minimum atomic E-state index is -0.0567. The second-order valence-corrected chi connectivity index (χ2v) is 11.6. The van der Waals surface area contributed by atoms with E-state index in [4.69, 9.17) is 37.7 Å². The predicted molar refractivity (Wildman–Crippen MR) is 145 cm³/mol. The van der Waals surface area contributed by atoms with Crippen molar-refractivity contribution in [2.45, 2.75) is 43.9 Å². The lowest BCUT2D eigenvalue weighted by atomic mass is 9.96. The van der Waals surface area contributed by atoms with E-state index in [0.717, 1.165) is 38.7 Å². The summed E-state index contributed by atoms with van der Waals surface area (Å²) in [6.07, 6.45) is 0.820. The molecule has 0 spiro atoms. The maximum atomic E-state index is 14.0. The molecule has 0 radical (unpaired) electrons. The van der Waals surface area contributed by atoms with Crippen molar-refractivity contribution in [3.8, 4) is 11.4 Å². The van der Waals surface area contributed by atoms with Gasteiger partial charge in [-0.15, -0.1) is 11.3 Å². The van der Waals surface area contributed by atoms with Gasteiger partial charge in [-0.2, -0.15) is 0 Å². The van der Waals surface area contributed by atoms with Crippen molar-refractivity contribution < 1.29 is 9.47 Å². The van der Waals surface area contributed by atoms with Crippen LogP contribution in [-0.2, 0) is 23.5 Å². The van der Waals surface area contributed by atoms with Gasteiger partial charge in [0, 0.05) is 17.1 Å². The molecule has 2 aromatic heterocycles. The Kier molecular flexibility index (Phi) is 7.15. The molecule has 0 unspecified atom stereocenters. The van der Waals surface area contributed by atoms with Gasteiger partial charge in [0.15, 0.2) is 5.16 Å². The zero-order valence-electron chi connectivity index (χ0n) is 19.5. The number of thioether (sulfide) groups is 1. The van der Waals surface area contributed by atoms with Gasteiger partial charge in [0.05, 0.1) is 40.9 Å². The average Bonchev–Trinajstić information content (AvgIpc) is 3.23. The summed E-state index contributed by atoms with van der Waals surface area (Å²) >= 11 is 15.3. The molecule has 1 aliphatic heterocycles. The highest BCUT2D eigenvalue weighted by Crippen LogP contribution is 2.37. The van der Waals surface area contributed by atoms with Gasteiger partial charge in [-0.05, 0) is 53.4 Å². The number of halogens is 2. The van der Waals surface area contributed by atoms with Crippen molar-refractivity contribution in [3.63, 3.8) is 0 Å². The third-order valence-electron chi connectivity index (χ3n) is 6.14. The molecule has 0 aliphatic carbocycles. The predicted octanol–water partition coefficient (Wildman–Crippen LogP) is 7.15. The highest BCUT2D eigenvalue weighted by Gasteiger charge is 2.28. The number of rotatable bonds is 6. The van der Waals surface area contributed by atoms with Crippen LogP contribution in [0.25, 0.3) is 15.9 Å². The molecule has 0 saturated carbocycles. The summed E-state index contributed by atoms with van der Waals surface area (Å²) in [6, 6.07) is 13.0. The third-order valence-corrected chi connectivity index (χ3v) is 8.99. The number of fused-ring (bicyclic) bond motifs is 3. The lowest BCUT2D eigenvalue weighted by Gasteiger charge is -2.26. The summed E-state index contributed by atoms with van der Waals surface area (Å²) in [5, 5.41) is 2.35. The van der Waals surface area contributed by atoms with Gasteiger partial charge in [0.25, 0.3) is 5.56 Å². The molecule has 0 saturated heterocycles. The lowest BCUT2D eigenvalue weighted by molar-refractivity contribution is 0.00200. The fourth-order valence-electron chi connectivity index (χ4n) is 4.17. The number of ether oxygens (including phenoxy) is 2. The monoisotopic (exact) mass is 546 g/mol. The zero-order chi connectivity index (χ0) is 24.7. The summed E-state index contributed by atoms with van der Waals surface area (Å²) < 4.78 is 13.1. The van der Waals surface area contributed by atoms with Gasteiger partial charge in [0.2, 0.25) is 0 Å². The smallest absolute Gasteiger partial charge is 0.267 e. The Morgan fingerprint density at radius 1 is 1.20 bits per heavy atom. The summed E-state index contributed by atoms with van der Waals surface area (Å²) in [6.45, 7) is 4.82. The minimum Gasteiger partial charge on any atom is -0.497 e. The number of hydrogen-bond donors (Lipinski definition) is 0. The maximum Gasteiger partial charge on any atom is 0.267 e. The van der Waals surface area contributed by atoms with Crippen molar-refractivity contribution in [1.82, 2.24) is 9.55 Å². The van der Waals surface area contributed by atoms with Crippen LogP contribution in [0.2, 0.25) is 10.0 Å². The Morgan fingerprint density at radius 3 is 2.66 bits per heavy atom. The van der Waals surface area contributed by atoms with Crippen molar-refractivity contribution in [2.75, 3.05) is 7.11 Å². The van der Waals surface area contributed by atoms with Gasteiger partial charge in [-0.1, -0.05) is 54.9 Å². The topological polar surface area (TPSA) is 53.4 Å². The molecule has 9 heteroatoms. The molecule has 3 heterocycles. The number of thiophene rings is 1. The van der Waals surface area contributed by atoms with E-state index < -0.39 is 0 Å². The van der Waals surface area contributed by atoms with Crippen LogP contribution < -0.4 is 10.3 Å². The molecule has 182 valence electrons. The summed E-state index contributed by atoms with van der Waals surface area (Å²) in [7, 11) is 1.62. The molecule has 5 rings (SSSR count). The minimum absolute atomic E-state index is 0.0567. The summed E-state index contributed by atoms with van der Waals surface area (Å²) in [5.74, 6) is 1.69. The van der Waals surface area contributed by atoms with E-state index in [-0.39, 0.29) is 11.7 Å². The van der Waals surface area contributed by atoms with Gasteiger partial charge in [0.1, 0.15) is 10.6 Å². The molecular weight excluding hydrogens is 523 g/mol. The van der Waals surface area contributed by atoms with Crippen molar-refractivity contribution in [2.24, 2.45) is 5.92 Å². The number of aromatic nitrogens is 2. The van der Waals surface area contributed by atoms with E-state index in [9.17, 15) is 4.79 Å². The van der Waals surface area contributed by atoms with Crippen LogP contribution in [0.4, 0.5) is 0 Å². The highest BCUT2D eigenvalue weighted by molar-refractivity contribution is 7.98. The van der Waals surface area contributed by atoms with E-state index in [1.807, 2.05) is 36.4 Å². The molecule has 35 heavy (non-hydrogen) atoms. The molecule has 4 aromatic rings. The normalized spacial score (nSPS) is 15.5. The first-order chi connectivity index (χ1) is 16.9. The Labute approximate surface area is 222 Å². The lowest BCUT2D eigenvalue weighted by Crippen LogP contribution is -2.28. The Hall–Kier alpha value is -2.03. The maximum absolute atomic E-state index is 14.0. The quantitative estimate of drug-likeness (QED) is 0.190. The second-order valence-electron chi connectivity index (χ2n) is 8.75. The standard InChI is InChI=1S/C26H24Cl2N2O3S2/c1-14(2)21-11-18-22(12-33-21)35-24-23(18)25(31)30(16-5-7-17(32-3)8-6-16)26(29-24)34-13-15-4-9-19(27)20(28)10-15/h4-10,14,21H,11-13H2,1-3H3/t21-/m0/s1. The van der Waals surface area contributed by atoms with Crippen LogP contribution in [0.15, 0.2) is 52.4 Å². The third kappa shape index (κ3) is 4.85. The largest absolute Gasteiger partial charge is 0.497 e. The van der Waals surface area contributed by atoms with Gasteiger partial charge in [-0.3, -0.25) is 9.36 Å². The van der Waals surface area contributed by atoms with Crippen LogP contribution in [-0.4, -0.2) is 22.8 Å². The Balaban J connectivity index is 1.63. The SMILES string of the molecule is COc1ccc(-n2c(SCc3ccc(Cl)c(Cl)c3)nc3sc4c(c3c2=O)C[C@@H](C(C)C)OC4)cc1. The molecule has 1 aliphatic rings. The van der Waals surface area contributed by atoms with Crippen molar-refractivity contribution in [3.05, 3.63) is 78.9 Å². The summed E-state index contributed by atoms with van der Waals surface area (Å²) in [4.78, 5) is 20.9. The van der Waals surface area contributed by atoms with Crippen LogP contribution in [0, 0.1) is 5.92 Å². The van der Waals surface area contributed by atoms with Crippen LogP contribution in [0.3, 0.4) is 0 Å². The molecule has 0 fully saturated rings. The molecular formula is C26H24Cl2N2O3S2. The van der Waals surface area contributed by atoms with E-state index >= 15 is 0 Å². The van der Waals surface area contributed by atoms with Crippen LogP contribution >= 0.6 is 46.3 Å². The first-order valence-corrected chi connectivity index (χ1v) is 13.8. The van der Waals surface area contributed by atoms with Crippen molar-refractivity contribution >= 4 is 56.5 Å². The molecule has 5 nitrogen and oxygen atoms in total. The first-order valence-electron chi connectivity index (χ1n) is 11.3. The Bertz CT molecular complexity index is 1450.